The number of hydrogen-bond donors (Lipinski definition) is 2. The van der Waals surface area contributed by atoms with E-state index in [0.29, 0.717) is 23.5 Å². The highest BCUT2D eigenvalue weighted by Gasteiger charge is 2.28. The van der Waals surface area contributed by atoms with Gasteiger partial charge in [-0.05, 0) is 64.4 Å². The minimum absolute atomic E-state index is 0.196. The van der Waals surface area contributed by atoms with Crippen molar-refractivity contribution >= 4 is 22.5 Å². The van der Waals surface area contributed by atoms with E-state index in [-0.39, 0.29) is 11.9 Å². The molecule has 7 nitrogen and oxygen atoms in total. The summed E-state index contributed by atoms with van der Waals surface area (Å²) in [7, 11) is 1.99. The minimum atomic E-state index is -0.312. The molecule has 2 N–H and O–H groups in total. The summed E-state index contributed by atoms with van der Waals surface area (Å²) in [6.45, 7) is 6.07. The summed E-state index contributed by atoms with van der Waals surface area (Å²) in [5.74, 6) is 1.11. The Morgan fingerprint density at radius 1 is 1.17 bits per heavy atom. The molecule has 1 aliphatic carbocycles. The second kappa shape index (κ2) is 7.05. The van der Waals surface area contributed by atoms with E-state index in [4.69, 9.17) is 0 Å². The van der Waals surface area contributed by atoms with Gasteiger partial charge in [-0.1, -0.05) is 0 Å². The van der Waals surface area contributed by atoms with Gasteiger partial charge in [0, 0.05) is 29.9 Å². The minimum Gasteiger partial charge on any atom is -0.350 e. The van der Waals surface area contributed by atoms with Crippen LogP contribution < -0.4 is 10.6 Å². The number of rotatable bonds is 5. The molecule has 30 heavy (non-hydrogen) atoms. The second-order valence-corrected chi connectivity index (χ2v) is 8.39. The fourth-order valence-electron chi connectivity index (χ4n) is 4.44. The fraction of sp³-hybridized carbons (Fsp3) is 0.409. The molecule has 0 unspecified atom stereocenters. The smallest absolute Gasteiger partial charge is 0.241 e. The van der Waals surface area contributed by atoms with Crippen molar-refractivity contribution in [2.75, 3.05) is 12.4 Å². The van der Waals surface area contributed by atoms with Gasteiger partial charge in [-0.2, -0.15) is 0 Å². The van der Waals surface area contributed by atoms with Gasteiger partial charge in [-0.15, -0.1) is 5.10 Å². The lowest BCUT2D eigenvalue weighted by molar-refractivity contribution is 0.325. The number of anilines is 1. The number of aromatic nitrogens is 5. The Morgan fingerprint density at radius 3 is 2.70 bits per heavy atom. The number of aryl methyl sites for hydroxylation is 1. The van der Waals surface area contributed by atoms with E-state index in [1.807, 2.05) is 32.3 Å². The van der Waals surface area contributed by atoms with E-state index in [9.17, 15) is 4.39 Å². The lowest BCUT2D eigenvalue weighted by atomic mass is 9.87. The fourth-order valence-corrected chi connectivity index (χ4v) is 4.44. The third-order valence-corrected chi connectivity index (χ3v) is 6.05. The normalized spacial score (nSPS) is 19.0. The standard InChI is InChI=1S/C22H26FN7/c1-12(2)30-13(3)26-21-18(23)7-14(8-19(21)30)17-5-6-29-20(17)11-25-22(28-29)27-16-9-15(10-16)24-4/h5-8,11-12,15-16,24H,9-10H2,1-4H3,(H,27,28). The molecule has 0 spiro atoms. The van der Waals surface area contributed by atoms with Crippen LogP contribution in [0.2, 0.25) is 0 Å². The van der Waals surface area contributed by atoms with Crippen LogP contribution in [0, 0.1) is 12.7 Å². The van der Waals surface area contributed by atoms with Crippen molar-refractivity contribution < 1.29 is 4.39 Å². The van der Waals surface area contributed by atoms with Crippen LogP contribution in [0.15, 0.2) is 30.6 Å². The first-order valence-corrected chi connectivity index (χ1v) is 10.4. The molecule has 1 aliphatic rings. The lowest BCUT2D eigenvalue weighted by Gasteiger charge is -2.35. The van der Waals surface area contributed by atoms with Gasteiger partial charge < -0.3 is 15.2 Å². The Morgan fingerprint density at radius 2 is 1.97 bits per heavy atom. The lowest BCUT2D eigenvalue weighted by Crippen LogP contribution is -2.46. The summed E-state index contributed by atoms with van der Waals surface area (Å²) in [5, 5.41) is 11.3. The molecule has 8 heteroatoms. The zero-order valence-corrected chi connectivity index (χ0v) is 17.6. The largest absolute Gasteiger partial charge is 0.350 e. The van der Waals surface area contributed by atoms with Crippen molar-refractivity contribution in [2.24, 2.45) is 0 Å². The molecule has 0 aliphatic heterocycles. The zero-order valence-electron chi connectivity index (χ0n) is 17.6. The number of nitrogens with zero attached hydrogens (tertiary/aromatic N) is 5. The monoisotopic (exact) mass is 407 g/mol. The topological polar surface area (TPSA) is 72.1 Å². The molecule has 3 aromatic heterocycles. The zero-order chi connectivity index (χ0) is 21.0. The van der Waals surface area contributed by atoms with E-state index in [1.165, 1.54) is 0 Å². The Hall–Kier alpha value is -3.00. The van der Waals surface area contributed by atoms with E-state index in [2.05, 4.69) is 44.1 Å². The molecule has 0 atom stereocenters. The second-order valence-electron chi connectivity index (χ2n) is 8.39. The van der Waals surface area contributed by atoms with Gasteiger partial charge in [0.05, 0.1) is 17.2 Å². The third kappa shape index (κ3) is 3.02. The predicted molar refractivity (Wildman–Crippen MR) is 116 cm³/mol. The number of imidazole rings is 1. The van der Waals surface area contributed by atoms with Crippen molar-refractivity contribution in [3.63, 3.8) is 0 Å². The van der Waals surface area contributed by atoms with Crippen molar-refractivity contribution in [3.8, 4) is 11.1 Å². The van der Waals surface area contributed by atoms with Gasteiger partial charge in [0.2, 0.25) is 5.95 Å². The van der Waals surface area contributed by atoms with E-state index in [1.54, 1.807) is 16.8 Å². The van der Waals surface area contributed by atoms with Crippen molar-refractivity contribution in [1.82, 2.24) is 29.5 Å². The van der Waals surface area contributed by atoms with Crippen LogP contribution in [0.4, 0.5) is 10.3 Å². The number of fused-ring (bicyclic) bond motifs is 2. The van der Waals surface area contributed by atoms with E-state index in [0.717, 1.165) is 40.8 Å². The predicted octanol–water partition coefficient (Wildman–Crippen LogP) is 3.94. The average Bonchev–Trinajstić information content (AvgIpc) is 3.24. The maximum Gasteiger partial charge on any atom is 0.241 e. The van der Waals surface area contributed by atoms with Crippen LogP contribution in [0.1, 0.15) is 38.6 Å². The summed E-state index contributed by atoms with van der Waals surface area (Å²) in [5.41, 5.74) is 3.75. The highest BCUT2D eigenvalue weighted by molar-refractivity contribution is 5.88. The van der Waals surface area contributed by atoms with Crippen molar-refractivity contribution in [1.29, 1.82) is 0 Å². The summed E-state index contributed by atoms with van der Waals surface area (Å²) in [6.07, 6.45) is 5.82. The highest BCUT2D eigenvalue weighted by Crippen LogP contribution is 2.32. The number of benzene rings is 1. The number of hydrogen-bond acceptors (Lipinski definition) is 5. The highest BCUT2D eigenvalue weighted by atomic mass is 19.1. The van der Waals surface area contributed by atoms with Gasteiger partial charge >= 0.3 is 0 Å². The van der Waals surface area contributed by atoms with E-state index >= 15 is 0 Å². The molecule has 1 aromatic carbocycles. The molecule has 0 bridgehead atoms. The molecule has 156 valence electrons. The first kappa shape index (κ1) is 19.0. The first-order chi connectivity index (χ1) is 14.4. The summed E-state index contributed by atoms with van der Waals surface area (Å²) in [6, 6.07) is 6.67. The summed E-state index contributed by atoms with van der Waals surface area (Å²) >= 11 is 0. The Balaban J connectivity index is 1.52. The first-order valence-electron chi connectivity index (χ1n) is 10.4. The molecule has 5 rings (SSSR count). The molecule has 0 amide bonds. The molecule has 3 heterocycles. The molecule has 1 fully saturated rings. The Kier molecular flexibility index (Phi) is 4.47. The Bertz CT molecular complexity index is 1230. The number of nitrogens with one attached hydrogen (secondary N) is 2. The van der Waals surface area contributed by atoms with Gasteiger partial charge in [0.15, 0.2) is 5.82 Å². The van der Waals surface area contributed by atoms with Crippen LogP contribution in [0.3, 0.4) is 0 Å². The van der Waals surface area contributed by atoms with Gasteiger partial charge in [-0.3, -0.25) is 0 Å². The van der Waals surface area contributed by atoms with Crippen LogP contribution in [0.5, 0.6) is 0 Å². The average molecular weight is 407 g/mol. The summed E-state index contributed by atoms with van der Waals surface area (Å²) < 4.78 is 18.7. The molecule has 4 aromatic rings. The SMILES string of the molecule is CNC1CC(Nc2ncc3c(-c4cc(F)c5nc(C)n(C(C)C)c5c4)ccn3n2)C1. The maximum absolute atomic E-state index is 14.9. The van der Waals surface area contributed by atoms with Crippen LogP contribution >= 0.6 is 0 Å². The van der Waals surface area contributed by atoms with Gasteiger partial charge in [-0.25, -0.2) is 18.9 Å². The van der Waals surface area contributed by atoms with Crippen LogP contribution in [-0.4, -0.2) is 43.3 Å². The molecule has 0 radical (unpaired) electrons. The molecular formula is C22H26FN7. The van der Waals surface area contributed by atoms with Crippen LogP contribution in [0.25, 0.3) is 27.7 Å². The van der Waals surface area contributed by atoms with Crippen molar-refractivity contribution in [3.05, 3.63) is 42.2 Å². The molecule has 1 saturated carbocycles. The van der Waals surface area contributed by atoms with Gasteiger partial charge in [0.1, 0.15) is 11.3 Å². The summed E-state index contributed by atoms with van der Waals surface area (Å²) in [4.78, 5) is 8.93. The molecule has 0 saturated heterocycles. The van der Waals surface area contributed by atoms with Crippen LogP contribution in [-0.2, 0) is 0 Å². The quantitative estimate of drug-likeness (QED) is 0.524. The third-order valence-electron chi connectivity index (χ3n) is 6.05. The maximum atomic E-state index is 14.9. The van der Waals surface area contributed by atoms with Crippen molar-refractivity contribution in [2.45, 2.75) is 51.7 Å². The van der Waals surface area contributed by atoms with E-state index < -0.39 is 0 Å². The van der Waals surface area contributed by atoms with Gasteiger partial charge in [0.25, 0.3) is 0 Å². The number of halogens is 1. The Labute approximate surface area is 174 Å². The molecular weight excluding hydrogens is 381 g/mol.